The maximum Gasteiger partial charge on any atom is 0.225 e. The summed E-state index contributed by atoms with van der Waals surface area (Å²) in [7, 11) is 3.06. The number of amides is 2. The number of carbonyl (C=O) groups excluding carboxylic acids is 2. The molecule has 0 bridgehead atoms. The van der Waals surface area contributed by atoms with Crippen molar-refractivity contribution < 1.29 is 18.7 Å². The van der Waals surface area contributed by atoms with Crippen LogP contribution in [0.1, 0.15) is 29.8 Å². The Hall–Kier alpha value is -2.41. The van der Waals surface area contributed by atoms with Crippen molar-refractivity contribution in [2.24, 2.45) is 0 Å². The Bertz CT molecular complexity index is 734. The fourth-order valence-corrected chi connectivity index (χ4v) is 3.24. The van der Waals surface area contributed by atoms with Crippen molar-refractivity contribution in [2.45, 2.75) is 25.9 Å². The van der Waals surface area contributed by atoms with Gasteiger partial charge in [-0.05, 0) is 29.1 Å². The van der Waals surface area contributed by atoms with Crippen molar-refractivity contribution in [1.29, 1.82) is 0 Å². The van der Waals surface area contributed by atoms with E-state index in [-0.39, 0.29) is 36.6 Å². The zero-order chi connectivity index (χ0) is 18.4. The van der Waals surface area contributed by atoms with Crippen LogP contribution in [-0.4, -0.2) is 30.9 Å². The lowest BCUT2D eigenvalue weighted by atomic mass is 10.1. The van der Waals surface area contributed by atoms with E-state index >= 15 is 0 Å². The Kier molecular flexibility index (Phi) is 6.52. The summed E-state index contributed by atoms with van der Waals surface area (Å²) in [4.78, 5) is 26.3. The molecule has 7 heteroatoms. The summed E-state index contributed by atoms with van der Waals surface area (Å²) in [6.07, 6.45) is 0.148. The molecule has 1 unspecified atom stereocenters. The number of nitrogens with one attached hydrogen (secondary N) is 1. The molecule has 1 aromatic heterocycles. The monoisotopic (exact) mass is 364 g/mol. The molecule has 2 amide bonds. The summed E-state index contributed by atoms with van der Waals surface area (Å²) >= 11 is 1.49. The molecule has 0 aliphatic heterocycles. The van der Waals surface area contributed by atoms with E-state index in [1.165, 1.54) is 42.4 Å². The third-order valence-corrected chi connectivity index (χ3v) is 4.69. The van der Waals surface area contributed by atoms with Crippen molar-refractivity contribution in [2.75, 3.05) is 14.2 Å². The lowest BCUT2D eigenvalue weighted by Crippen LogP contribution is -2.33. The lowest BCUT2D eigenvalue weighted by Gasteiger charge is -2.22. The highest BCUT2D eigenvalue weighted by Gasteiger charge is 2.20. The van der Waals surface area contributed by atoms with Gasteiger partial charge in [0, 0.05) is 25.4 Å². The molecule has 2 rings (SSSR count). The van der Waals surface area contributed by atoms with Crippen molar-refractivity contribution >= 4 is 23.2 Å². The smallest absolute Gasteiger partial charge is 0.225 e. The molecule has 0 fully saturated rings. The maximum atomic E-state index is 13.8. The minimum Gasteiger partial charge on any atom is -0.494 e. The number of benzene rings is 1. The molecule has 0 saturated heterocycles. The number of hydrogen-bond acceptors (Lipinski definition) is 4. The molecule has 1 N–H and O–H groups in total. The fourth-order valence-electron chi connectivity index (χ4n) is 2.46. The summed E-state index contributed by atoms with van der Waals surface area (Å²) in [6.45, 7) is 1.70. The Labute approximate surface area is 150 Å². The summed E-state index contributed by atoms with van der Waals surface area (Å²) in [5, 5.41) is 4.70. The first-order valence-electron chi connectivity index (χ1n) is 7.77. The molecule has 1 heterocycles. The summed E-state index contributed by atoms with van der Waals surface area (Å²) in [5.41, 5.74) is 0.668. The van der Waals surface area contributed by atoms with Crippen LogP contribution in [0.5, 0.6) is 5.75 Å². The summed E-state index contributed by atoms with van der Waals surface area (Å²) < 4.78 is 18.7. The summed E-state index contributed by atoms with van der Waals surface area (Å²) in [6, 6.07) is 8.01. The first kappa shape index (κ1) is 18.9. The number of ether oxygens (including phenoxy) is 1. The molecule has 0 aliphatic rings. The SMILES string of the molecule is COc1ccc(CN(C)C(=O)CC(NC(C)=O)c2cccs2)cc1F. The van der Waals surface area contributed by atoms with Crippen LogP contribution >= 0.6 is 11.3 Å². The van der Waals surface area contributed by atoms with Gasteiger partial charge in [0.2, 0.25) is 11.8 Å². The van der Waals surface area contributed by atoms with Crippen molar-refractivity contribution in [3.63, 3.8) is 0 Å². The molecule has 134 valence electrons. The first-order chi connectivity index (χ1) is 11.9. The quantitative estimate of drug-likeness (QED) is 0.821. The second kappa shape index (κ2) is 8.62. The van der Waals surface area contributed by atoms with Crippen LogP contribution in [0.25, 0.3) is 0 Å². The van der Waals surface area contributed by atoms with Crippen LogP contribution in [0.15, 0.2) is 35.7 Å². The molecule has 0 spiro atoms. The molecule has 0 aliphatic carbocycles. The third kappa shape index (κ3) is 5.29. The predicted octanol–water partition coefficient (Wildman–Crippen LogP) is 3.12. The Morgan fingerprint density at radius 2 is 2.12 bits per heavy atom. The Morgan fingerprint density at radius 3 is 2.68 bits per heavy atom. The second-order valence-corrected chi connectivity index (χ2v) is 6.67. The number of halogens is 1. The van der Waals surface area contributed by atoms with Crippen molar-refractivity contribution in [3.05, 3.63) is 52.0 Å². The minimum absolute atomic E-state index is 0.136. The van der Waals surface area contributed by atoms with Gasteiger partial charge >= 0.3 is 0 Å². The van der Waals surface area contributed by atoms with E-state index in [0.717, 1.165) is 4.88 Å². The summed E-state index contributed by atoms with van der Waals surface area (Å²) in [5.74, 6) is -0.619. The van der Waals surface area contributed by atoms with Gasteiger partial charge in [0.05, 0.1) is 19.6 Å². The van der Waals surface area contributed by atoms with Crippen LogP contribution in [-0.2, 0) is 16.1 Å². The Balaban J connectivity index is 2.03. The Morgan fingerprint density at radius 1 is 1.36 bits per heavy atom. The van der Waals surface area contributed by atoms with Crippen molar-refractivity contribution in [1.82, 2.24) is 10.2 Å². The van der Waals surface area contributed by atoms with Crippen molar-refractivity contribution in [3.8, 4) is 5.75 Å². The van der Waals surface area contributed by atoms with Gasteiger partial charge in [0.1, 0.15) is 0 Å². The molecule has 0 saturated carbocycles. The topological polar surface area (TPSA) is 58.6 Å². The molecule has 1 atom stereocenters. The normalized spacial score (nSPS) is 11.7. The first-order valence-corrected chi connectivity index (χ1v) is 8.65. The molecule has 0 radical (unpaired) electrons. The van der Waals surface area contributed by atoms with Gasteiger partial charge in [-0.25, -0.2) is 4.39 Å². The molecular weight excluding hydrogens is 343 g/mol. The van der Waals surface area contributed by atoms with Crippen LogP contribution < -0.4 is 10.1 Å². The number of rotatable bonds is 7. The number of nitrogens with zero attached hydrogens (tertiary/aromatic N) is 1. The highest BCUT2D eigenvalue weighted by atomic mass is 32.1. The second-order valence-electron chi connectivity index (χ2n) is 5.69. The molecule has 1 aromatic carbocycles. The number of carbonyl (C=O) groups is 2. The molecular formula is C18H21FN2O3S. The van der Waals surface area contributed by atoms with Crippen LogP contribution in [0.2, 0.25) is 0 Å². The van der Waals surface area contributed by atoms with E-state index in [2.05, 4.69) is 5.32 Å². The maximum absolute atomic E-state index is 13.8. The van der Waals surface area contributed by atoms with E-state index < -0.39 is 5.82 Å². The minimum atomic E-state index is -0.462. The largest absolute Gasteiger partial charge is 0.494 e. The van der Waals surface area contributed by atoms with Gasteiger partial charge < -0.3 is 15.0 Å². The number of thiophene rings is 1. The predicted molar refractivity (Wildman–Crippen MR) is 94.9 cm³/mol. The van der Waals surface area contributed by atoms with Gasteiger partial charge in [0.25, 0.3) is 0 Å². The standard InChI is InChI=1S/C18H21FN2O3S/c1-12(22)20-15(17-5-4-8-25-17)10-18(23)21(2)11-13-6-7-16(24-3)14(19)9-13/h4-9,15H,10-11H2,1-3H3,(H,20,22). The lowest BCUT2D eigenvalue weighted by molar-refractivity contribution is -0.131. The molecule has 25 heavy (non-hydrogen) atoms. The van der Waals surface area contributed by atoms with E-state index in [0.29, 0.717) is 5.56 Å². The average molecular weight is 364 g/mol. The van der Waals surface area contributed by atoms with E-state index in [1.54, 1.807) is 13.1 Å². The highest BCUT2D eigenvalue weighted by Crippen LogP contribution is 2.23. The fraction of sp³-hybridized carbons (Fsp3) is 0.333. The number of hydrogen-bond donors (Lipinski definition) is 1. The highest BCUT2D eigenvalue weighted by molar-refractivity contribution is 7.10. The van der Waals surface area contributed by atoms with E-state index in [1.807, 2.05) is 17.5 Å². The van der Waals surface area contributed by atoms with Gasteiger partial charge in [-0.15, -0.1) is 11.3 Å². The van der Waals surface area contributed by atoms with Gasteiger partial charge in [-0.1, -0.05) is 12.1 Å². The molecule has 5 nitrogen and oxygen atoms in total. The number of methoxy groups -OCH3 is 1. The van der Waals surface area contributed by atoms with E-state index in [9.17, 15) is 14.0 Å². The van der Waals surface area contributed by atoms with E-state index in [4.69, 9.17) is 4.74 Å². The van der Waals surface area contributed by atoms with Crippen LogP contribution in [0.3, 0.4) is 0 Å². The zero-order valence-corrected chi connectivity index (χ0v) is 15.2. The van der Waals surface area contributed by atoms with Gasteiger partial charge in [-0.3, -0.25) is 9.59 Å². The van der Waals surface area contributed by atoms with Gasteiger partial charge in [-0.2, -0.15) is 0 Å². The van der Waals surface area contributed by atoms with Crippen LogP contribution in [0.4, 0.5) is 4.39 Å². The van der Waals surface area contributed by atoms with Crippen LogP contribution in [0, 0.1) is 5.82 Å². The van der Waals surface area contributed by atoms with Gasteiger partial charge in [0.15, 0.2) is 11.6 Å². The third-order valence-electron chi connectivity index (χ3n) is 3.70. The average Bonchev–Trinajstić information content (AvgIpc) is 3.08. The molecule has 2 aromatic rings. The zero-order valence-electron chi connectivity index (χ0n) is 14.4.